The number of hydrogen-bond donors (Lipinski definition) is 1. The second-order valence-electron chi connectivity index (χ2n) is 3.71. The van der Waals surface area contributed by atoms with Gasteiger partial charge in [0.1, 0.15) is 5.82 Å². The van der Waals surface area contributed by atoms with Crippen molar-refractivity contribution in [3.8, 4) is 5.69 Å². The van der Waals surface area contributed by atoms with Crippen molar-refractivity contribution in [2.24, 2.45) is 0 Å². The predicted molar refractivity (Wildman–Crippen MR) is 65.4 cm³/mol. The number of tetrazole rings is 1. The van der Waals surface area contributed by atoms with Crippen LogP contribution in [-0.4, -0.2) is 34.4 Å². The maximum Gasteiger partial charge on any atom is 0.211 e. The van der Waals surface area contributed by atoms with Crippen LogP contribution in [0.2, 0.25) is 0 Å². The minimum atomic E-state index is -3.32. The number of nitrogens with one attached hydrogen (secondary N) is 1. The Balaban J connectivity index is 2.21. The minimum absolute atomic E-state index is 0.0227. The van der Waals surface area contributed by atoms with Crippen LogP contribution in [0.5, 0.6) is 0 Å². The molecule has 0 bridgehead atoms. The van der Waals surface area contributed by atoms with Gasteiger partial charge in [-0.25, -0.2) is 17.5 Å². The van der Waals surface area contributed by atoms with Crippen molar-refractivity contribution in [3.05, 3.63) is 35.9 Å². The molecule has 0 aliphatic rings. The molecule has 0 aliphatic carbocycles. The highest BCUT2D eigenvalue weighted by Crippen LogP contribution is 2.09. The van der Waals surface area contributed by atoms with Gasteiger partial charge in [0.05, 0.1) is 18.0 Å². The van der Waals surface area contributed by atoms with Gasteiger partial charge in [0.25, 0.3) is 0 Å². The number of aromatic nitrogens is 4. The summed E-state index contributed by atoms with van der Waals surface area (Å²) < 4.78 is 39.2. The first-order valence-corrected chi connectivity index (χ1v) is 7.17. The first-order chi connectivity index (χ1) is 9.02. The molecule has 1 N–H and O–H groups in total. The van der Waals surface area contributed by atoms with E-state index in [4.69, 9.17) is 0 Å². The third-order valence-electron chi connectivity index (χ3n) is 2.44. The molecule has 2 aromatic rings. The van der Waals surface area contributed by atoms with Gasteiger partial charge in [0.2, 0.25) is 10.0 Å². The SMILES string of the molecule is CCS(=O)(=O)NCc1nnnn1-c1ccc(F)cc1. The molecule has 0 spiro atoms. The van der Waals surface area contributed by atoms with E-state index in [9.17, 15) is 12.8 Å². The highest BCUT2D eigenvalue weighted by atomic mass is 32.2. The van der Waals surface area contributed by atoms with Crippen molar-refractivity contribution in [1.82, 2.24) is 24.9 Å². The molecule has 9 heteroatoms. The summed E-state index contributed by atoms with van der Waals surface area (Å²) in [4.78, 5) is 0. The minimum Gasteiger partial charge on any atom is -0.212 e. The van der Waals surface area contributed by atoms with Gasteiger partial charge in [0.15, 0.2) is 5.82 Å². The highest BCUT2D eigenvalue weighted by molar-refractivity contribution is 7.89. The van der Waals surface area contributed by atoms with E-state index in [2.05, 4.69) is 20.2 Å². The Labute approximate surface area is 109 Å². The molecule has 1 aromatic carbocycles. The van der Waals surface area contributed by atoms with Crippen LogP contribution in [0.1, 0.15) is 12.7 Å². The van der Waals surface area contributed by atoms with Crippen LogP contribution in [0.15, 0.2) is 24.3 Å². The zero-order valence-electron chi connectivity index (χ0n) is 10.1. The van der Waals surface area contributed by atoms with Crippen molar-refractivity contribution in [2.75, 3.05) is 5.75 Å². The monoisotopic (exact) mass is 285 g/mol. The molecule has 0 amide bonds. The summed E-state index contributed by atoms with van der Waals surface area (Å²) >= 11 is 0. The van der Waals surface area contributed by atoms with Gasteiger partial charge in [-0.05, 0) is 41.6 Å². The van der Waals surface area contributed by atoms with E-state index in [1.807, 2.05) is 0 Å². The molecular weight excluding hydrogens is 273 g/mol. The summed E-state index contributed by atoms with van der Waals surface area (Å²) in [7, 11) is -3.32. The number of sulfonamides is 1. The molecule has 0 unspecified atom stereocenters. The number of nitrogens with zero attached hydrogens (tertiary/aromatic N) is 4. The Morgan fingerprint density at radius 2 is 2.00 bits per heavy atom. The number of hydrogen-bond acceptors (Lipinski definition) is 5. The lowest BCUT2D eigenvalue weighted by atomic mass is 10.3. The summed E-state index contributed by atoms with van der Waals surface area (Å²) in [6.07, 6.45) is 0. The van der Waals surface area contributed by atoms with Crippen LogP contribution >= 0.6 is 0 Å². The van der Waals surface area contributed by atoms with Crippen LogP contribution in [-0.2, 0) is 16.6 Å². The third kappa shape index (κ3) is 3.32. The fraction of sp³-hybridized carbons (Fsp3) is 0.300. The lowest BCUT2D eigenvalue weighted by Crippen LogP contribution is -2.26. The summed E-state index contributed by atoms with van der Waals surface area (Å²) in [5.41, 5.74) is 0.553. The van der Waals surface area contributed by atoms with Gasteiger partial charge in [-0.1, -0.05) is 0 Å². The highest BCUT2D eigenvalue weighted by Gasteiger charge is 2.12. The van der Waals surface area contributed by atoms with E-state index in [1.165, 1.54) is 35.9 Å². The topological polar surface area (TPSA) is 89.8 Å². The molecule has 0 aliphatic heterocycles. The summed E-state index contributed by atoms with van der Waals surface area (Å²) in [5.74, 6) is -0.0702. The smallest absolute Gasteiger partial charge is 0.211 e. The average molecular weight is 285 g/mol. The van der Waals surface area contributed by atoms with E-state index in [-0.39, 0.29) is 18.1 Å². The first-order valence-electron chi connectivity index (χ1n) is 5.52. The normalized spacial score (nSPS) is 11.7. The third-order valence-corrected chi connectivity index (χ3v) is 3.78. The quantitative estimate of drug-likeness (QED) is 0.850. The lowest BCUT2D eigenvalue weighted by molar-refractivity contribution is 0.579. The molecule has 0 saturated heterocycles. The molecule has 0 radical (unpaired) electrons. The standard InChI is InChI=1S/C10H12FN5O2S/c1-2-19(17,18)12-7-10-13-14-15-16(10)9-5-3-8(11)4-6-9/h3-6,12H,2,7H2,1H3. The zero-order valence-corrected chi connectivity index (χ0v) is 10.9. The molecule has 1 aromatic heterocycles. The molecule has 0 saturated carbocycles. The molecule has 102 valence electrons. The molecule has 2 rings (SSSR count). The number of rotatable bonds is 5. The predicted octanol–water partition coefficient (Wildman–Crippen LogP) is 0.241. The van der Waals surface area contributed by atoms with Crippen LogP contribution in [0.25, 0.3) is 5.69 Å². The summed E-state index contributed by atoms with van der Waals surface area (Å²) in [6, 6.07) is 5.56. The summed E-state index contributed by atoms with van der Waals surface area (Å²) in [6.45, 7) is 1.51. The van der Waals surface area contributed by atoms with Gasteiger partial charge in [0, 0.05) is 0 Å². The largest absolute Gasteiger partial charge is 0.212 e. The second-order valence-corrected chi connectivity index (χ2v) is 5.80. The van der Waals surface area contributed by atoms with Gasteiger partial charge >= 0.3 is 0 Å². The van der Waals surface area contributed by atoms with E-state index in [0.717, 1.165) is 0 Å². The van der Waals surface area contributed by atoms with Gasteiger partial charge < -0.3 is 0 Å². The Hall–Kier alpha value is -1.87. The van der Waals surface area contributed by atoms with E-state index < -0.39 is 10.0 Å². The molecular formula is C10H12FN5O2S. The van der Waals surface area contributed by atoms with Crippen molar-refractivity contribution >= 4 is 10.0 Å². The maximum absolute atomic E-state index is 12.8. The Morgan fingerprint density at radius 1 is 1.32 bits per heavy atom. The molecule has 19 heavy (non-hydrogen) atoms. The van der Waals surface area contributed by atoms with Gasteiger partial charge in [-0.2, -0.15) is 4.68 Å². The van der Waals surface area contributed by atoms with Gasteiger partial charge in [-0.3, -0.25) is 0 Å². The van der Waals surface area contributed by atoms with Crippen molar-refractivity contribution in [1.29, 1.82) is 0 Å². The zero-order chi connectivity index (χ0) is 13.9. The van der Waals surface area contributed by atoms with Crippen LogP contribution < -0.4 is 4.72 Å². The van der Waals surface area contributed by atoms with Crippen LogP contribution in [0.3, 0.4) is 0 Å². The Kier molecular flexibility index (Phi) is 3.86. The fourth-order valence-electron chi connectivity index (χ4n) is 1.38. The molecule has 0 atom stereocenters. The lowest BCUT2D eigenvalue weighted by Gasteiger charge is -2.05. The maximum atomic E-state index is 12.8. The van der Waals surface area contributed by atoms with Crippen molar-refractivity contribution < 1.29 is 12.8 Å². The Morgan fingerprint density at radius 3 is 2.63 bits per heavy atom. The number of halogens is 1. The molecule has 1 heterocycles. The Bertz CT molecular complexity index is 653. The average Bonchev–Trinajstić information content (AvgIpc) is 2.86. The fourth-order valence-corrected chi connectivity index (χ4v) is 1.93. The number of benzene rings is 1. The molecule has 0 fully saturated rings. The van der Waals surface area contributed by atoms with E-state index in [0.29, 0.717) is 11.5 Å². The van der Waals surface area contributed by atoms with E-state index in [1.54, 1.807) is 0 Å². The first kappa shape index (κ1) is 13.6. The van der Waals surface area contributed by atoms with Crippen LogP contribution in [0, 0.1) is 5.82 Å². The molecule has 7 nitrogen and oxygen atoms in total. The second kappa shape index (κ2) is 5.41. The van der Waals surface area contributed by atoms with Gasteiger partial charge in [-0.15, -0.1) is 5.10 Å². The van der Waals surface area contributed by atoms with Crippen LogP contribution in [0.4, 0.5) is 4.39 Å². The van der Waals surface area contributed by atoms with Crippen molar-refractivity contribution in [3.63, 3.8) is 0 Å². The van der Waals surface area contributed by atoms with E-state index >= 15 is 0 Å². The summed E-state index contributed by atoms with van der Waals surface area (Å²) in [5, 5.41) is 11.0. The van der Waals surface area contributed by atoms with Crippen molar-refractivity contribution in [2.45, 2.75) is 13.5 Å².